The van der Waals surface area contributed by atoms with Gasteiger partial charge in [-0.1, -0.05) is 48.3 Å². The van der Waals surface area contributed by atoms with Gasteiger partial charge in [-0.05, 0) is 24.4 Å². The Balaban J connectivity index is 1.80. The maximum Gasteiger partial charge on any atom is 0.338 e. The fourth-order valence-corrected chi connectivity index (χ4v) is 6.11. The summed E-state index contributed by atoms with van der Waals surface area (Å²) in [6.45, 7) is 5.37. The van der Waals surface area contributed by atoms with Crippen LogP contribution in [0.4, 0.5) is 5.69 Å². The van der Waals surface area contributed by atoms with E-state index in [1.807, 2.05) is 41.8 Å². The Morgan fingerprint density at radius 1 is 1.24 bits per heavy atom. The standard InChI is InChI=1S/C24H19N3O4S2/c1-4-11-31-23(30)17-13(2)25-24-27(19(17)16-10-7-12-32-16)22(29)20(33-24)18-14-8-5-6-9-15(14)26(3)21(18)28/h4-10,12,19H,1,11H2,2-3H3/b20-18-/t19-/m0/s1. The van der Waals surface area contributed by atoms with E-state index in [0.717, 1.165) is 10.6 Å². The highest BCUT2D eigenvalue weighted by Crippen LogP contribution is 2.35. The number of fused-ring (bicyclic) bond motifs is 2. The normalized spacial score (nSPS) is 18.7. The minimum Gasteiger partial charge on any atom is -0.458 e. The number of allylic oxidation sites excluding steroid dienone is 1. The molecule has 4 heterocycles. The van der Waals surface area contributed by atoms with Crippen molar-refractivity contribution in [1.82, 2.24) is 4.57 Å². The fraction of sp³-hybridized carbons (Fsp3) is 0.167. The summed E-state index contributed by atoms with van der Waals surface area (Å²) in [5.41, 5.74) is 2.26. The van der Waals surface area contributed by atoms with Crippen LogP contribution in [0.2, 0.25) is 0 Å². The van der Waals surface area contributed by atoms with Crippen LogP contribution >= 0.6 is 22.7 Å². The van der Waals surface area contributed by atoms with Crippen molar-refractivity contribution >= 4 is 45.8 Å². The summed E-state index contributed by atoms with van der Waals surface area (Å²) in [6.07, 6.45) is 1.49. The lowest BCUT2D eigenvalue weighted by molar-refractivity contribution is -0.138. The molecule has 1 aromatic carbocycles. The fourth-order valence-electron chi connectivity index (χ4n) is 4.15. The number of anilines is 1. The van der Waals surface area contributed by atoms with E-state index in [2.05, 4.69) is 11.6 Å². The van der Waals surface area contributed by atoms with E-state index < -0.39 is 12.0 Å². The lowest BCUT2D eigenvalue weighted by Crippen LogP contribution is -2.40. The van der Waals surface area contributed by atoms with Gasteiger partial charge in [0.15, 0.2) is 4.80 Å². The summed E-state index contributed by atoms with van der Waals surface area (Å²) in [5.74, 6) is -0.787. The van der Waals surface area contributed by atoms with Crippen LogP contribution in [0.25, 0.3) is 5.57 Å². The van der Waals surface area contributed by atoms with Crippen molar-refractivity contribution in [3.05, 3.63) is 95.8 Å². The van der Waals surface area contributed by atoms with Gasteiger partial charge < -0.3 is 9.64 Å². The van der Waals surface area contributed by atoms with E-state index in [-0.39, 0.29) is 18.1 Å². The van der Waals surface area contributed by atoms with Gasteiger partial charge in [-0.25, -0.2) is 9.79 Å². The first kappa shape index (κ1) is 21.3. The number of nitrogens with zero attached hydrogens (tertiary/aromatic N) is 3. The van der Waals surface area contributed by atoms with E-state index in [9.17, 15) is 14.4 Å². The molecule has 0 saturated carbocycles. The maximum atomic E-state index is 13.8. The number of thiazole rings is 1. The van der Waals surface area contributed by atoms with Gasteiger partial charge in [-0.2, -0.15) is 0 Å². The lowest BCUT2D eigenvalue weighted by Gasteiger charge is -2.23. The second-order valence-corrected chi connectivity index (χ2v) is 9.52. The molecule has 9 heteroatoms. The average Bonchev–Trinajstić information content (AvgIpc) is 3.50. The maximum absolute atomic E-state index is 13.8. The molecular formula is C24H19N3O4S2. The van der Waals surface area contributed by atoms with Crippen LogP contribution in [-0.4, -0.2) is 30.1 Å². The van der Waals surface area contributed by atoms with E-state index in [0.29, 0.717) is 31.7 Å². The molecule has 0 aliphatic carbocycles. The summed E-state index contributed by atoms with van der Waals surface area (Å²) in [4.78, 5) is 47.2. The van der Waals surface area contributed by atoms with Crippen molar-refractivity contribution in [3.8, 4) is 0 Å². The van der Waals surface area contributed by atoms with Gasteiger partial charge in [0.2, 0.25) is 0 Å². The molecule has 0 bridgehead atoms. The zero-order valence-electron chi connectivity index (χ0n) is 17.9. The zero-order valence-corrected chi connectivity index (χ0v) is 19.5. The molecule has 0 unspecified atom stereocenters. The topological polar surface area (TPSA) is 81.0 Å². The Morgan fingerprint density at radius 3 is 2.76 bits per heavy atom. The Morgan fingerprint density at radius 2 is 2.03 bits per heavy atom. The number of ether oxygens (including phenoxy) is 1. The highest BCUT2D eigenvalue weighted by Gasteiger charge is 2.36. The Labute approximate surface area is 196 Å². The smallest absolute Gasteiger partial charge is 0.338 e. The molecule has 166 valence electrons. The number of thiophene rings is 1. The third kappa shape index (κ3) is 3.23. The molecular weight excluding hydrogens is 458 g/mol. The number of aromatic nitrogens is 1. The van der Waals surface area contributed by atoms with Crippen LogP contribution in [0.3, 0.4) is 0 Å². The van der Waals surface area contributed by atoms with Gasteiger partial charge in [-0.15, -0.1) is 11.3 Å². The van der Waals surface area contributed by atoms with Crippen molar-refractivity contribution in [2.24, 2.45) is 4.99 Å². The number of carbonyl (C=O) groups excluding carboxylic acids is 2. The summed E-state index contributed by atoms with van der Waals surface area (Å²) in [7, 11) is 1.69. The first-order valence-corrected chi connectivity index (χ1v) is 11.9. The van der Waals surface area contributed by atoms with E-state index in [1.54, 1.807) is 18.9 Å². The summed E-state index contributed by atoms with van der Waals surface area (Å²) in [6, 6.07) is 10.4. The third-order valence-electron chi connectivity index (χ3n) is 5.64. The van der Waals surface area contributed by atoms with Crippen LogP contribution in [0.15, 0.2) is 75.5 Å². The van der Waals surface area contributed by atoms with Gasteiger partial charge >= 0.3 is 5.97 Å². The molecule has 7 nitrogen and oxygen atoms in total. The molecule has 1 amide bonds. The van der Waals surface area contributed by atoms with Gasteiger partial charge in [0, 0.05) is 17.5 Å². The largest absolute Gasteiger partial charge is 0.458 e. The van der Waals surface area contributed by atoms with Crippen LogP contribution in [0.5, 0.6) is 0 Å². The number of para-hydroxylation sites is 1. The molecule has 2 aliphatic rings. The van der Waals surface area contributed by atoms with Crippen LogP contribution in [0, 0.1) is 0 Å². The van der Waals surface area contributed by atoms with Crippen molar-refractivity contribution in [3.63, 3.8) is 0 Å². The third-order valence-corrected chi connectivity index (χ3v) is 7.62. The molecule has 3 aromatic rings. The minimum absolute atomic E-state index is 0.0545. The SMILES string of the molecule is C=CCOC(=O)C1=C(C)N=c2s/c(=C3\C(=O)N(C)c4ccccc43)c(=O)n2[C@H]1c1cccs1. The van der Waals surface area contributed by atoms with Crippen molar-refractivity contribution in [2.75, 3.05) is 18.6 Å². The number of carbonyl (C=O) groups is 2. The molecule has 2 aromatic heterocycles. The number of hydrogen-bond donors (Lipinski definition) is 0. The summed E-state index contributed by atoms with van der Waals surface area (Å²) < 4.78 is 7.14. The molecule has 33 heavy (non-hydrogen) atoms. The summed E-state index contributed by atoms with van der Waals surface area (Å²) in [5, 5.41) is 1.89. The van der Waals surface area contributed by atoms with Crippen LogP contribution in [-0.2, 0) is 14.3 Å². The molecule has 1 atom stereocenters. The molecule has 5 rings (SSSR count). The van der Waals surface area contributed by atoms with Gasteiger partial charge in [0.05, 0.1) is 22.5 Å². The highest BCUT2D eigenvalue weighted by atomic mass is 32.1. The van der Waals surface area contributed by atoms with Crippen LogP contribution < -0.4 is 19.8 Å². The quantitative estimate of drug-likeness (QED) is 0.427. The molecule has 0 N–H and O–H groups in total. The molecule has 0 saturated heterocycles. The molecule has 0 spiro atoms. The van der Waals surface area contributed by atoms with E-state index in [1.165, 1.54) is 33.3 Å². The molecule has 0 fully saturated rings. The average molecular weight is 478 g/mol. The first-order valence-electron chi connectivity index (χ1n) is 10.2. The predicted molar refractivity (Wildman–Crippen MR) is 128 cm³/mol. The second kappa shape index (κ2) is 8.09. The van der Waals surface area contributed by atoms with Crippen LogP contribution in [0.1, 0.15) is 23.4 Å². The van der Waals surface area contributed by atoms with Gasteiger partial charge in [-0.3, -0.25) is 14.2 Å². The Kier molecular flexibility index (Phi) is 5.22. The van der Waals surface area contributed by atoms with Crippen molar-refractivity contribution in [2.45, 2.75) is 13.0 Å². The minimum atomic E-state index is -0.683. The number of hydrogen-bond acceptors (Lipinski definition) is 7. The molecule has 2 aliphatic heterocycles. The number of benzene rings is 1. The highest BCUT2D eigenvalue weighted by molar-refractivity contribution is 7.10. The van der Waals surface area contributed by atoms with E-state index in [4.69, 9.17) is 4.74 Å². The van der Waals surface area contributed by atoms with E-state index >= 15 is 0 Å². The first-order chi connectivity index (χ1) is 15.9. The predicted octanol–water partition coefficient (Wildman–Crippen LogP) is 2.37. The molecule has 0 radical (unpaired) electrons. The monoisotopic (exact) mass is 477 g/mol. The number of rotatable bonds is 4. The van der Waals surface area contributed by atoms with Crippen molar-refractivity contribution in [1.29, 1.82) is 0 Å². The number of amides is 1. The van der Waals surface area contributed by atoms with Gasteiger partial charge in [0.1, 0.15) is 17.2 Å². The second-order valence-electron chi connectivity index (χ2n) is 7.56. The zero-order chi connectivity index (χ0) is 23.3. The van der Waals surface area contributed by atoms with Crippen molar-refractivity contribution < 1.29 is 14.3 Å². The Bertz CT molecular complexity index is 1530. The Hall–Kier alpha value is -3.56. The summed E-state index contributed by atoms with van der Waals surface area (Å²) >= 11 is 2.61. The lowest BCUT2D eigenvalue weighted by atomic mass is 10.0. The van der Waals surface area contributed by atoms with Gasteiger partial charge in [0.25, 0.3) is 11.5 Å². The number of esters is 1. The number of likely N-dealkylation sites (N-methyl/N-ethyl adjacent to an activating group) is 1.